The van der Waals surface area contributed by atoms with Gasteiger partial charge in [0.15, 0.2) is 0 Å². The predicted octanol–water partition coefficient (Wildman–Crippen LogP) is 6.13. The lowest BCUT2D eigenvalue weighted by atomic mass is 9.83. The van der Waals surface area contributed by atoms with Crippen LogP contribution in [0.15, 0.2) is 72.3 Å². The summed E-state index contributed by atoms with van der Waals surface area (Å²) in [6, 6.07) is 21.3. The van der Waals surface area contributed by atoms with Gasteiger partial charge in [0.05, 0.1) is 0 Å². The highest BCUT2D eigenvalue weighted by atomic mass is 16.5. The minimum absolute atomic E-state index is 0.356. The van der Waals surface area contributed by atoms with Crippen LogP contribution in [0.1, 0.15) is 25.0 Å². The molecule has 0 aliphatic carbocycles. The average molecular weight is 353 g/mol. The fourth-order valence-corrected chi connectivity index (χ4v) is 4.40. The summed E-state index contributed by atoms with van der Waals surface area (Å²) in [6.07, 6.45) is 6.75. The zero-order chi connectivity index (χ0) is 18.6. The van der Waals surface area contributed by atoms with E-state index in [1.165, 1.54) is 33.2 Å². The fraction of sp³-hybridized carbons (Fsp3) is 0.200. The van der Waals surface area contributed by atoms with Gasteiger partial charge >= 0.3 is 0 Å². The van der Waals surface area contributed by atoms with Crippen LogP contribution in [0.4, 0.5) is 5.69 Å². The van der Waals surface area contributed by atoms with Gasteiger partial charge in [-0.3, -0.25) is 0 Å². The van der Waals surface area contributed by atoms with E-state index in [-0.39, 0.29) is 0 Å². The van der Waals surface area contributed by atoms with E-state index in [2.05, 4.69) is 105 Å². The maximum absolute atomic E-state index is 6.78. The van der Waals surface area contributed by atoms with Crippen molar-refractivity contribution in [3.63, 3.8) is 0 Å². The van der Waals surface area contributed by atoms with E-state index in [4.69, 9.17) is 4.74 Å². The molecule has 1 atom stereocenters. The topological polar surface area (TPSA) is 12.5 Å². The quantitative estimate of drug-likeness (QED) is 0.522. The predicted molar refractivity (Wildman–Crippen MR) is 114 cm³/mol. The molecule has 1 spiro atoms. The molecule has 2 aliphatic heterocycles. The van der Waals surface area contributed by atoms with E-state index >= 15 is 0 Å². The number of para-hydroxylation sites is 1. The van der Waals surface area contributed by atoms with Crippen molar-refractivity contribution < 1.29 is 4.74 Å². The minimum atomic E-state index is -0.585. The molecular weight excluding hydrogens is 330 g/mol. The minimum Gasteiger partial charge on any atom is -0.460 e. The molecule has 0 saturated carbocycles. The van der Waals surface area contributed by atoms with Gasteiger partial charge in [-0.05, 0) is 46.5 Å². The van der Waals surface area contributed by atoms with E-state index < -0.39 is 5.72 Å². The molecule has 0 N–H and O–H groups in total. The van der Waals surface area contributed by atoms with Gasteiger partial charge in [0.1, 0.15) is 5.75 Å². The molecule has 27 heavy (non-hydrogen) atoms. The van der Waals surface area contributed by atoms with E-state index in [9.17, 15) is 0 Å². The highest BCUT2D eigenvalue weighted by Gasteiger charge is 2.45. The van der Waals surface area contributed by atoms with E-state index in [1.54, 1.807) is 0 Å². The molecule has 0 amide bonds. The van der Waals surface area contributed by atoms with E-state index in [1.807, 2.05) is 0 Å². The number of ether oxygens (including phenoxy) is 1. The van der Waals surface area contributed by atoms with E-state index in [0.717, 1.165) is 5.75 Å². The molecule has 0 aromatic heterocycles. The summed E-state index contributed by atoms with van der Waals surface area (Å²) >= 11 is 0. The number of benzene rings is 3. The lowest BCUT2D eigenvalue weighted by Gasteiger charge is -2.48. The van der Waals surface area contributed by atoms with Crippen LogP contribution in [-0.2, 0) is 0 Å². The second kappa shape index (κ2) is 5.75. The molecule has 3 aromatic rings. The largest absolute Gasteiger partial charge is 0.460 e. The Bertz CT molecular complexity index is 1110. The summed E-state index contributed by atoms with van der Waals surface area (Å²) in [4.78, 5) is 2.27. The molecule has 0 radical (unpaired) electrons. The number of nitrogens with zero attached hydrogens (tertiary/aromatic N) is 1. The molecule has 1 unspecified atom stereocenters. The Morgan fingerprint density at radius 3 is 2.56 bits per heavy atom. The first-order valence-corrected chi connectivity index (χ1v) is 9.55. The molecule has 0 saturated heterocycles. The van der Waals surface area contributed by atoms with Gasteiger partial charge in [-0.15, -0.1) is 0 Å². The molecule has 3 aromatic carbocycles. The zero-order valence-electron chi connectivity index (χ0n) is 15.9. The molecular formula is C25H23NO. The van der Waals surface area contributed by atoms with Gasteiger partial charge in [-0.2, -0.15) is 0 Å². The van der Waals surface area contributed by atoms with Crippen LogP contribution in [0.25, 0.3) is 22.9 Å². The normalized spacial score (nSPS) is 20.4. The Labute approximate surface area is 160 Å². The second-order valence-corrected chi connectivity index (χ2v) is 7.70. The van der Waals surface area contributed by atoms with Gasteiger partial charge in [-0.1, -0.05) is 68.5 Å². The third-order valence-corrected chi connectivity index (χ3v) is 5.82. The second-order valence-electron chi connectivity index (χ2n) is 7.70. The van der Waals surface area contributed by atoms with Crippen molar-refractivity contribution in [2.24, 2.45) is 5.92 Å². The van der Waals surface area contributed by atoms with Crippen LogP contribution in [-0.4, -0.2) is 12.8 Å². The van der Waals surface area contributed by atoms with Crippen LogP contribution in [0.5, 0.6) is 5.75 Å². The van der Waals surface area contributed by atoms with Crippen molar-refractivity contribution in [2.75, 3.05) is 11.9 Å². The van der Waals surface area contributed by atoms with Crippen molar-refractivity contribution in [2.45, 2.75) is 19.6 Å². The number of fused-ring (bicyclic) bond motifs is 4. The molecule has 0 fully saturated rings. The Hall–Kier alpha value is -3.00. The van der Waals surface area contributed by atoms with Crippen LogP contribution in [0.3, 0.4) is 0 Å². The molecule has 2 heterocycles. The Kier molecular flexibility index (Phi) is 3.45. The van der Waals surface area contributed by atoms with Crippen molar-refractivity contribution in [1.82, 2.24) is 0 Å². The standard InChI is InChI=1S/C25H23NO/c1-17(2)22-16-21-20-10-6-4-8-18(20)12-13-24(21)27-25(22)15-14-19-9-5-7-11-23(19)26(25)3/h4-17H,1-3H3. The summed E-state index contributed by atoms with van der Waals surface area (Å²) < 4.78 is 6.78. The molecule has 2 heteroatoms. The Balaban J connectivity index is 1.75. The highest BCUT2D eigenvalue weighted by Crippen LogP contribution is 2.47. The van der Waals surface area contributed by atoms with E-state index in [0.29, 0.717) is 5.92 Å². The van der Waals surface area contributed by atoms with Gasteiger partial charge in [-0.25, -0.2) is 0 Å². The number of anilines is 1. The first-order chi connectivity index (χ1) is 13.1. The van der Waals surface area contributed by atoms with Gasteiger partial charge in [0.2, 0.25) is 5.72 Å². The van der Waals surface area contributed by atoms with Crippen molar-refractivity contribution in [1.29, 1.82) is 0 Å². The molecule has 2 nitrogen and oxygen atoms in total. The monoisotopic (exact) mass is 353 g/mol. The molecule has 2 aliphatic rings. The van der Waals surface area contributed by atoms with Gasteiger partial charge in [0, 0.05) is 23.9 Å². The SMILES string of the molecule is CC(C)C1=Cc2c(ccc3ccccc23)OC12C=Cc1ccccc1N2C. The van der Waals surface area contributed by atoms with Crippen LogP contribution < -0.4 is 9.64 Å². The smallest absolute Gasteiger partial charge is 0.225 e. The Morgan fingerprint density at radius 2 is 1.70 bits per heavy atom. The lowest BCUT2D eigenvalue weighted by Crippen LogP contribution is -2.55. The third kappa shape index (κ3) is 2.26. The summed E-state index contributed by atoms with van der Waals surface area (Å²) in [5.41, 5.74) is 4.29. The molecule has 5 rings (SSSR count). The fourth-order valence-electron chi connectivity index (χ4n) is 4.40. The maximum atomic E-state index is 6.78. The first-order valence-electron chi connectivity index (χ1n) is 9.55. The maximum Gasteiger partial charge on any atom is 0.225 e. The zero-order valence-corrected chi connectivity index (χ0v) is 15.9. The summed E-state index contributed by atoms with van der Waals surface area (Å²) in [5.74, 6) is 1.29. The summed E-state index contributed by atoms with van der Waals surface area (Å²) in [5, 5.41) is 2.49. The van der Waals surface area contributed by atoms with Crippen LogP contribution >= 0.6 is 0 Å². The van der Waals surface area contributed by atoms with Crippen molar-refractivity contribution in [3.05, 3.63) is 83.4 Å². The Morgan fingerprint density at radius 1 is 0.926 bits per heavy atom. The molecule has 0 bridgehead atoms. The van der Waals surface area contributed by atoms with Crippen LogP contribution in [0.2, 0.25) is 0 Å². The number of hydrogen-bond acceptors (Lipinski definition) is 2. The highest BCUT2D eigenvalue weighted by molar-refractivity contribution is 5.95. The van der Waals surface area contributed by atoms with Crippen molar-refractivity contribution >= 4 is 28.6 Å². The molecule has 134 valence electrons. The number of likely N-dealkylation sites (N-methyl/N-ethyl adjacent to an activating group) is 1. The van der Waals surface area contributed by atoms with Gasteiger partial charge < -0.3 is 9.64 Å². The summed E-state index contributed by atoms with van der Waals surface area (Å²) in [7, 11) is 2.13. The van der Waals surface area contributed by atoms with Crippen molar-refractivity contribution in [3.8, 4) is 5.75 Å². The number of rotatable bonds is 1. The first kappa shape index (κ1) is 16.2. The van der Waals surface area contributed by atoms with Crippen LogP contribution in [0, 0.1) is 5.92 Å². The van der Waals surface area contributed by atoms with Gasteiger partial charge in [0.25, 0.3) is 0 Å². The lowest BCUT2D eigenvalue weighted by molar-refractivity contribution is 0.145. The third-order valence-electron chi connectivity index (χ3n) is 5.82. The number of hydrogen-bond donors (Lipinski definition) is 0. The summed E-state index contributed by atoms with van der Waals surface area (Å²) in [6.45, 7) is 4.49. The average Bonchev–Trinajstić information content (AvgIpc) is 2.70.